The minimum Gasteiger partial charge on any atom is -0.359 e. The zero-order valence-electron chi connectivity index (χ0n) is 5.22. The van der Waals surface area contributed by atoms with Gasteiger partial charge in [-0.15, -0.1) is 10.2 Å². The van der Waals surface area contributed by atoms with Crippen molar-refractivity contribution >= 4 is 13.2 Å². The van der Waals surface area contributed by atoms with Crippen LogP contribution in [0.4, 0.5) is 0 Å². The molecule has 0 bridgehead atoms. The summed E-state index contributed by atoms with van der Waals surface area (Å²) in [6, 6.07) is 0. The van der Waals surface area contributed by atoms with Crippen molar-refractivity contribution in [3.05, 3.63) is 21.5 Å². The molecule has 0 aromatic heterocycles. The van der Waals surface area contributed by atoms with Crippen molar-refractivity contribution in [2.45, 2.75) is 0 Å². The van der Waals surface area contributed by atoms with E-state index in [9.17, 15) is 0 Å². The molecule has 0 saturated heterocycles. The Morgan fingerprint density at radius 2 is 2.10 bits per heavy atom. The predicted octanol–water partition coefficient (Wildman–Crippen LogP) is -1.06. The molecule has 2 rings (SSSR count). The van der Waals surface area contributed by atoms with Gasteiger partial charge in [0.15, 0.2) is 0 Å². The molecule has 2 aliphatic heterocycles. The molecule has 0 atom stereocenters. The second-order valence-electron chi connectivity index (χ2n) is 2.01. The van der Waals surface area contributed by atoms with Gasteiger partial charge in [-0.3, -0.25) is 0 Å². The molecule has 0 aromatic rings. The molecule has 0 aliphatic carbocycles. The monoisotopic (exact) mass is 135 g/mol. The summed E-state index contributed by atoms with van der Waals surface area (Å²) in [5.74, 6) is 0. The summed E-state index contributed by atoms with van der Waals surface area (Å²) in [6.45, 7) is 7.32. The van der Waals surface area contributed by atoms with Crippen molar-refractivity contribution in [1.82, 2.24) is 15.4 Å². The molecule has 0 saturated carbocycles. The lowest BCUT2D eigenvalue weighted by Gasteiger charge is -1.67. The summed E-state index contributed by atoms with van der Waals surface area (Å²) in [6.07, 6.45) is 0. The SMILES string of the molecule is C=c1nnc2o[nH]c(=C)c1=2. The van der Waals surface area contributed by atoms with Crippen LogP contribution in [0.25, 0.3) is 13.2 Å². The van der Waals surface area contributed by atoms with Gasteiger partial charge in [0, 0.05) is 0 Å². The maximum Gasteiger partial charge on any atom is 0.276 e. The van der Waals surface area contributed by atoms with Crippen LogP contribution in [-0.2, 0) is 0 Å². The average molecular weight is 135 g/mol. The Balaban J connectivity index is 3.40. The first-order valence-corrected chi connectivity index (χ1v) is 2.76. The molecule has 50 valence electrons. The highest BCUT2D eigenvalue weighted by Gasteiger charge is 1.97. The molecule has 10 heavy (non-hydrogen) atoms. The van der Waals surface area contributed by atoms with Gasteiger partial charge in [0.25, 0.3) is 5.55 Å². The second-order valence-corrected chi connectivity index (χ2v) is 2.01. The Kier molecular flexibility index (Phi) is 0.768. The topological polar surface area (TPSA) is 54.7 Å². The number of hydrogen-bond donors (Lipinski definition) is 1. The van der Waals surface area contributed by atoms with Crippen molar-refractivity contribution in [3.63, 3.8) is 0 Å². The van der Waals surface area contributed by atoms with Crippen LogP contribution in [0, 0.1) is 10.8 Å². The summed E-state index contributed by atoms with van der Waals surface area (Å²) < 4.78 is 4.87. The van der Waals surface area contributed by atoms with Gasteiger partial charge in [0.1, 0.15) is 0 Å². The number of nitrogens with one attached hydrogen (secondary N) is 1. The number of hydrogen-bond acceptors (Lipinski definition) is 3. The van der Waals surface area contributed by atoms with Gasteiger partial charge in [-0.2, -0.15) is 0 Å². The molecule has 0 amide bonds. The van der Waals surface area contributed by atoms with Crippen LogP contribution in [-0.4, -0.2) is 15.4 Å². The van der Waals surface area contributed by atoms with E-state index >= 15 is 0 Å². The fourth-order valence-electron chi connectivity index (χ4n) is 0.865. The van der Waals surface area contributed by atoms with E-state index in [2.05, 4.69) is 28.5 Å². The molecule has 0 unspecified atom stereocenters. The van der Waals surface area contributed by atoms with E-state index in [4.69, 9.17) is 4.52 Å². The first-order valence-electron chi connectivity index (χ1n) is 2.76. The van der Waals surface area contributed by atoms with E-state index < -0.39 is 0 Å². The number of aromatic amines is 1. The van der Waals surface area contributed by atoms with E-state index in [1.54, 1.807) is 0 Å². The molecule has 4 nitrogen and oxygen atoms in total. The highest BCUT2D eigenvalue weighted by Crippen LogP contribution is 1.77. The first-order chi connectivity index (χ1) is 4.79. The van der Waals surface area contributed by atoms with Gasteiger partial charge in [-0.05, 0) is 0 Å². The quantitative estimate of drug-likeness (QED) is 0.501. The van der Waals surface area contributed by atoms with E-state index in [0.29, 0.717) is 16.2 Å². The maximum atomic E-state index is 4.87. The Labute approximate surface area is 55.5 Å². The molecule has 1 N–H and O–H groups in total. The summed E-state index contributed by atoms with van der Waals surface area (Å²) in [7, 11) is 0. The van der Waals surface area contributed by atoms with Crippen LogP contribution in [0.3, 0.4) is 0 Å². The summed E-state index contributed by atoms with van der Waals surface area (Å²) >= 11 is 0. The highest BCUT2D eigenvalue weighted by molar-refractivity contribution is 5.06. The van der Waals surface area contributed by atoms with E-state index in [0.717, 1.165) is 5.22 Å². The van der Waals surface area contributed by atoms with Gasteiger partial charge < -0.3 is 4.52 Å². The number of H-pyrrole nitrogens is 1. The number of rotatable bonds is 0. The third kappa shape index (κ3) is 0.452. The maximum absolute atomic E-state index is 4.87. The smallest absolute Gasteiger partial charge is 0.276 e. The molecular weight excluding hydrogens is 130 g/mol. The normalized spacial score (nSPS) is 10.8. The standard InChI is InChI=1S/C6H5N3O/c1-3-5-4(2)9-10-6(5)8-7-3/h9H,1-2H2. The molecule has 4 heteroatoms. The highest BCUT2D eigenvalue weighted by atomic mass is 16.5. The van der Waals surface area contributed by atoms with Crippen molar-refractivity contribution in [3.8, 4) is 0 Å². The van der Waals surface area contributed by atoms with E-state index in [-0.39, 0.29) is 0 Å². The lowest BCUT2D eigenvalue weighted by Crippen LogP contribution is -2.11. The summed E-state index contributed by atoms with van der Waals surface area (Å²) in [5.41, 5.74) is 0.468. The first kappa shape index (κ1) is 5.22. The summed E-state index contributed by atoms with van der Waals surface area (Å²) in [5, 5.41) is 12.0. The predicted molar refractivity (Wildman–Crippen MR) is 34.2 cm³/mol. The molecule has 0 radical (unpaired) electrons. The van der Waals surface area contributed by atoms with E-state index in [1.165, 1.54) is 0 Å². The van der Waals surface area contributed by atoms with Crippen LogP contribution in [0.15, 0.2) is 4.52 Å². The van der Waals surface area contributed by atoms with E-state index in [1.807, 2.05) is 0 Å². The number of nitrogens with zero attached hydrogens (tertiary/aromatic N) is 2. The van der Waals surface area contributed by atoms with Gasteiger partial charge >= 0.3 is 0 Å². The molecule has 0 spiro atoms. The Morgan fingerprint density at radius 1 is 1.30 bits per heavy atom. The lowest BCUT2D eigenvalue weighted by molar-refractivity contribution is 0.375. The largest absolute Gasteiger partial charge is 0.359 e. The van der Waals surface area contributed by atoms with Crippen LogP contribution < -0.4 is 10.7 Å². The number of aromatic nitrogens is 3. The van der Waals surface area contributed by atoms with Gasteiger partial charge in [-0.25, -0.2) is 5.16 Å². The minimum atomic E-state index is 0.468. The third-order valence-electron chi connectivity index (χ3n) is 1.34. The van der Waals surface area contributed by atoms with Crippen LogP contribution in [0.1, 0.15) is 0 Å². The van der Waals surface area contributed by atoms with Crippen LogP contribution in [0.2, 0.25) is 0 Å². The summed E-state index contributed by atoms with van der Waals surface area (Å²) in [4.78, 5) is 0. The van der Waals surface area contributed by atoms with Crippen molar-refractivity contribution in [2.75, 3.05) is 0 Å². The van der Waals surface area contributed by atoms with Crippen LogP contribution >= 0.6 is 0 Å². The Morgan fingerprint density at radius 3 is 2.80 bits per heavy atom. The third-order valence-corrected chi connectivity index (χ3v) is 1.34. The Hall–Kier alpha value is -1.58. The van der Waals surface area contributed by atoms with Crippen molar-refractivity contribution in [2.24, 2.45) is 0 Å². The molecule has 2 heterocycles. The zero-order chi connectivity index (χ0) is 7.14. The lowest BCUT2D eigenvalue weighted by atomic mass is 10.4. The second kappa shape index (κ2) is 1.47. The fourth-order valence-corrected chi connectivity index (χ4v) is 0.865. The molecular formula is C6H5N3O. The van der Waals surface area contributed by atoms with Gasteiger partial charge in [0.2, 0.25) is 0 Å². The fraction of sp³-hybridized carbons (Fsp3) is 0. The van der Waals surface area contributed by atoms with Crippen LogP contribution in [0.5, 0.6) is 0 Å². The van der Waals surface area contributed by atoms with Gasteiger partial charge in [0.05, 0.1) is 15.9 Å². The molecule has 0 fully saturated rings. The molecule has 2 aliphatic rings. The molecule has 0 aromatic carbocycles. The average Bonchev–Trinajstić information content (AvgIpc) is 2.40. The van der Waals surface area contributed by atoms with Crippen molar-refractivity contribution in [1.29, 1.82) is 0 Å². The Bertz CT molecular complexity index is 452. The zero-order valence-corrected chi connectivity index (χ0v) is 5.22. The minimum absolute atomic E-state index is 0.468. The van der Waals surface area contributed by atoms with Gasteiger partial charge in [-0.1, -0.05) is 13.2 Å². The van der Waals surface area contributed by atoms with Crippen molar-refractivity contribution < 1.29 is 4.52 Å².